The van der Waals surface area contributed by atoms with Crippen molar-refractivity contribution in [2.45, 2.75) is 19.9 Å². The number of benzene rings is 1. The highest BCUT2D eigenvalue weighted by molar-refractivity contribution is 7.15. The van der Waals surface area contributed by atoms with E-state index in [0.717, 1.165) is 32.5 Å². The number of phenols is 1. The number of nitrogens with one attached hydrogen (secondary N) is 1. The second kappa shape index (κ2) is 9.15. The Morgan fingerprint density at radius 2 is 1.88 bits per heavy atom. The zero-order chi connectivity index (χ0) is 22.7. The number of nitrogens with zero attached hydrogens (tertiary/aromatic N) is 4. The molecular weight excluding hydrogens is 422 g/mol. The third-order valence-corrected chi connectivity index (χ3v) is 6.10. The molecule has 7 nitrogen and oxygen atoms in total. The SMILES string of the molecule is CC(=O)N(C)[C@H](c1ccc(O)cc1)c1ncc(-c2cccc(Nc3cc(C)ccn3)n2)s1. The molecule has 3 heterocycles. The molecule has 1 aromatic carbocycles. The summed E-state index contributed by atoms with van der Waals surface area (Å²) in [6, 6.07) is 16.1. The van der Waals surface area contributed by atoms with Crippen molar-refractivity contribution in [1.82, 2.24) is 19.9 Å². The van der Waals surface area contributed by atoms with Crippen molar-refractivity contribution in [3.63, 3.8) is 0 Å². The summed E-state index contributed by atoms with van der Waals surface area (Å²) in [4.78, 5) is 28.3. The van der Waals surface area contributed by atoms with E-state index in [-0.39, 0.29) is 17.7 Å². The predicted molar refractivity (Wildman–Crippen MR) is 126 cm³/mol. The smallest absolute Gasteiger partial charge is 0.220 e. The summed E-state index contributed by atoms with van der Waals surface area (Å²) in [6.07, 6.45) is 3.53. The Morgan fingerprint density at radius 3 is 2.59 bits per heavy atom. The Kier molecular flexibility index (Phi) is 6.13. The largest absolute Gasteiger partial charge is 0.508 e. The number of anilines is 2. The van der Waals surface area contributed by atoms with Gasteiger partial charge in [-0.15, -0.1) is 11.3 Å². The number of hydrogen-bond acceptors (Lipinski definition) is 7. The van der Waals surface area contributed by atoms with Gasteiger partial charge in [0.2, 0.25) is 5.91 Å². The fraction of sp³-hybridized carbons (Fsp3) is 0.167. The second-order valence-corrected chi connectivity index (χ2v) is 8.50. The first-order valence-corrected chi connectivity index (χ1v) is 10.9. The Balaban J connectivity index is 1.64. The van der Waals surface area contributed by atoms with Gasteiger partial charge in [-0.05, 0) is 54.4 Å². The number of hydrogen-bond donors (Lipinski definition) is 2. The van der Waals surface area contributed by atoms with Crippen LogP contribution >= 0.6 is 11.3 Å². The highest BCUT2D eigenvalue weighted by atomic mass is 32.1. The normalized spacial score (nSPS) is 11.7. The van der Waals surface area contributed by atoms with Gasteiger partial charge in [-0.2, -0.15) is 0 Å². The van der Waals surface area contributed by atoms with Crippen LogP contribution in [0.15, 0.2) is 67.0 Å². The maximum absolute atomic E-state index is 12.1. The van der Waals surface area contributed by atoms with Crippen LogP contribution in [0.4, 0.5) is 11.6 Å². The van der Waals surface area contributed by atoms with Crippen LogP contribution in [0.5, 0.6) is 5.75 Å². The average Bonchev–Trinajstić information content (AvgIpc) is 3.25. The first kappa shape index (κ1) is 21.5. The molecule has 0 aliphatic heterocycles. The third kappa shape index (κ3) is 4.76. The third-order valence-electron chi connectivity index (χ3n) is 5.02. The number of aryl methyl sites for hydroxylation is 1. The number of phenolic OH excluding ortho intramolecular Hbond substituents is 1. The molecule has 0 saturated heterocycles. The van der Waals surface area contributed by atoms with Crippen LogP contribution in [0.25, 0.3) is 10.6 Å². The van der Waals surface area contributed by atoms with Gasteiger partial charge in [0.1, 0.15) is 28.4 Å². The zero-order valence-electron chi connectivity index (χ0n) is 18.0. The standard InChI is InChI=1S/C24H23N5O2S/c1-15-11-12-25-22(13-15)28-21-6-4-5-19(27-21)20-14-26-24(32-20)23(29(3)16(2)30)17-7-9-18(31)10-8-17/h4-14,23,31H,1-3H3,(H,25,27,28)/t23-/m1/s1. The Bertz CT molecular complexity index is 1240. The minimum absolute atomic E-state index is 0.0743. The number of aromatic hydroxyl groups is 1. The van der Waals surface area contributed by atoms with Crippen molar-refractivity contribution in [2.24, 2.45) is 0 Å². The highest BCUT2D eigenvalue weighted by Gasteiger charge is 2.25. The summed E-state index contributed by atoms with van der Waals surface area (Å²) >= 11 is 1.48. The molecule has 162 valence electrons. The van der Waals surface area contributed by atoms with Crippen LogP contribution in [0.3, 0.4) is 0 Å². The van der Waals surface area contributed by atoms with Gasteiger partial charge >= 0.3 is 0 Å². The second-order valence-electron chi connectivity index (χ2n) is 7.44. The Morgan fingerprint density at radius 1 is 1.09 bits per heavy atom. The quantitative estimate of drug-likeness (QED) is 0.437. The summed E-state index contributed by atoms with van der Waals surface area (Å²) in [5, 5.41) is 13.6. The molecule has 3 aromatic heterocycles. The van der Waals surface area contributed by atoms with Crippen LogP contribution < -0.4 is 5.32 Å². The van der Waals surface area contributed by atoms with Gasteiger partial charge in [0.05, 0.1) is 10.6 Å². The van der Waals surface area contributed by atoms with Gasteiger partial charge < -0.3 is 15.3 Å². The molecule has 0 aliphatic carbocycles. The van der Waals surface area contributed by atoms with E-state index in [1.807, 2.05) is 37.3 Å². The fourth-order valence-corrected chi connectivity index (χ4v) is 4.34. The number of thiazole rings is 1. The molecule has 0 aliphatic rings. The molecule has 4 aromatic rings. The minimum atomic E-state index is -0.357. The van der Waals surface area contributed by atoms with Gasteiger partial charge in [0.15, 0.2) is 0 Å². The van der Waals surface area contributed by atoms with Crippen LogP contribution in [0, 0.1) is 6.92 Å². The molecule has 8 heteroatoms. The maximum atomic E-state index is 12.1. The van der Waals surface area contributed by atoms with Crippen LogP contribution in [-0.2, 0) is 4.79 Å². The molecular formula is C24H23N5O2S. The van der Waals surface area contributed by atoms with Crippen molar-refractivity contribution in [3.05, 3.63) is 83.1 Å². The summed E-state index contributed by atoms with van der Waals surface area (Å²) in [5.74, 6) is 1.52. The van der Waals surface area contributed by atoms with E-state index in [0.29, 0.717) is 5.82 Å². The van der Waals surface area contributed by atoms with E-state index < -0.39 is 0 Å². The molecule has 32 heavy (non-hydrogen) atoms. The van der Waals surface area contributed by atoms with Crippen molar-refractivity contribution in [2.75, 3.05) is 12.4 Å². The predicted octanol–water partition coefficient (Wildman–Crippen LogP) is 4.93. The van der Waals surface area contributed by atoms with E-state index in [1.165, 1.54) is 18.3 Å². The molecule has 1 amide bonds. The van der Waals surface area contributed by atoms with Crippen LogP contribution in [-0.4, -0.2) is 37.9 Å². The van der Waals surface area contributed by atoms with Gasteiger partial charge in [-0.1, -0.05) is 18.2 Å². The summed E-state index contributed by atoms with van der Waals surface area (Å²) in [5.41, 5.74) is 2.76. The zero-order valence-corrected chi connectivity index (χ0v) is 18.8. The van der Waals surface area contributed by atoms with Gasteiger partial charge in [-0.3, -0.25) is 4.79 Å². The number of rotatable bonds is 6. The van der Waals surface area contributed by atoms with Gasteiger partial charge in [0.25, 0.3) is 0 Å². The molecule has 0 spiro atoms. The summed E-state index contributed by atoms with van der Waals surface area (Å²) in [7, 11) is 1.75. The van der Waals surface area contributed by atoms with Crippen molar-refractivity contribution >= 4 is 28.9 Å². The van der Waals surface area contributed by atoms with Gasteiger partial charge in [-0.25, -0.2) is 15.0 Å². The van der Waals surface area contributed by atoms with Crippen LogP contribution in [0.2, 0.25) is 0 Å². The molecule has 0 saturated carbocycles. The summed E-state index contributed by atoms with van der Waals surface area (Å²) in [6.45, 7) is 3.54. The first-order chi connectivity index (χ1) is 15.4. The van der Waals surface area contributed by atoms with E-state index in [1.54, 1.807) is 48.6 Å². The number of carbonyl (C=O) groups excluding carboxylic acids is 1. The summed E-state index contributed by atoms with van der Waals surface area (Å²) < 4.78 is 0. The minimum Gasteiger partial charge on any atom is -0.508 e. The van der Waals surface area contributed by atoms with Crippen molar-refractivity contribution < 1.29 is 9.90 Å². The average molecular weight is 446 g/mol. The van der Waals surface area contributed by atoms with E-state index in [9.17, 15) is 9.90 Å². The Labute approximate surface area is 190 Å². The lowest BCUT2D eigenvalue weighted by atomic mass is 10.1. The lowest BCUT2D eigenvalue weighted by molar-refractivity contribution is -0.129. The van der Waals surface area contributed by atoms with Crippen LogP contribution in [0.1, 0.15) is 29.1 Å². The topological polar surface area (TPSA) is 91.2 Å². The lowest BCUT2D eigenvalue weighted by Crippen LogP contribution is -2.29. The molecule has 1 atom stereocenters. The molecule has 0 fully saturated rings. The number of carbonyl (C=O) groups is 1. The molecule has 0 unspecified atom stereocenters. The first-order valence-electron chi connectivity index (χ1n) is 10.1. The maximum Gasteiger partial charge on any atom is 0.220 e. The van der Waals surface area contributed by atoms with E-state index in [4.69, 9.17) is 4.98 Å². The monoisotopic (exact) mass is 445 g/mol. The van der Waals surface area contributed by atoms with E-state index in [2.05, 4.69) is 15.3 Å². The molecule has 0 radical (unpaired) electrons. The highest BCUT2D eigenvalue weighted by Crippen LogP contribution is 2.35. The Hall–Kier alpha value is -3.78. The number of amides is 1. The number of pyridine rings is 2. The lowest BCUT2D eigenvalue weighted by Gasteiger charge is -2.26. The van der Waals surface area contributed by atoms with Crippen molar-refractivity contribution in [3.8, 4) is 16.3 Å². The van der Waals surface area contributed by atoms with Crippen molar-refractivity contribution in [1.29, 1.82) is 0 Å². The number of aromatic nitrogens is 3. The fourth-order valence-electron chi connectivity index (χ4n) is 3.28. The molecule has 0 bridgehead atoms. The molecule has 2 N–H and O–H groups in total. The van der Waals surface area contributed by atoms with E-state index >= 15 is 0 Å². The molecule has 4 rings (SSSR count). The van der Waals surface area contributed by atoms with Gasteiger partial charge in [0, 0.05) is 26.4 Å².